The van der Waals surface area contributed by atoms with Crippen LogP contribution in [-0.4, -0.2) is 34.0 Å². The molecule has 0 atom stereocenters. The van der Waals surface area contributed by atoms with E-state index in [1.807, 2.05) is 6.92 Å². The second kappa shape index (κ2) is 7.01. The highest BCUT2D eigenvalue weighted by molar-refractivity contribution is 8.10. The Labute approximate surface area is 70.4 Å². The number of thiocarbonyl (C=S) groups is 1. The molecule has 0 N–H and O–H groups in total. The summed E-state index contributed by atoms with van der Waals surface area (Å²) in [4.78, 5) is 0. The lowest BCUT2D eigenvalue weighted by Gasteiger charge is -1.92. The average Bonchev–Trinajstić information content (AvgIpc) is 1.35. The van der Waals surface area contributed by atoms with Crippen molar-refractivity contribution in [2.24, 2.45) is 0 Å². The molecule has 0 radical (unpaired) electrons. The van der Waals surface area contributed by atoms with E-state index < -0.39 is 0 Å². The first-order valence-electron chi connectivity index (χ1n) is 1.63. The Morgan fingerprint density at radius 2 is 2.29 bits per heavy atom. The lowest BCUT2D eigenvalue weighted by Crippen LogP contribution is -1.89. The van der Waals surface area contributed by atoms with Crippen LogP contribution in [0.1, 0.15) is 6.92 Å². The van der Waals surface area contributed by atoms with Crippen molar-refractivity contribution >= 4 is 52.3 Å². The van der Waals surface area contributed by atoms with Crippen molar-refractivity contribution in [3.8, 4) is 0 Å². The van der Waals surface area contributed by atoms with Gasteiger partial charge in [-0.1, -0.05) is 12.6 Å². The van der Waals surface area contributed by atoms with E-state index in [9.17, 15) is 0 Å². The lowest BCUT2D eigenvalue weighted by molar-refractivity contribution is 0.346. The van der Waals surface area contributed by atoms with Crippen LogP contribution >= 0.6 is 24.8 Å². The first-order chi connectivity index (χ1) is 2.77. The molecule has 1 nitrogen and oxygen atoms in total. The lowest BCUT2D eigenvalue weighted by atomic mass is 10.9. The van der Waals surface area contributed by atoms with Crippen LogP contribution in [0.15, 0.2) is 0 Å². The molecule has 0 aliphatic carbocycles. The summed E-state index contributed by atoms with van der Waals surface area (Å²) in [6.07, 6.45) is 0. The van der Waals surface area contributed by atoms with Crippen molar-refractivity contribution in [2.45, 2.75) is 6.92 Å². The number of thiol groups is 1. The predicted octanol–water partition coefficient (Wildman–Crippen LogP) is 0.321. The fourth-order valence-corrected chi connectivity index (χ4v) is 0.370. The van der Waals surface area contributed by atoms with Crippen molar-refractivity contribution < 1.29 is 4.74 Å². The van der Waals surface area contributed by atoms with E-state index in [-0.39, 0.29) is 23.1 Å². The summed E-state index contributed by atoms with van der Waals surface area (Å²) in [5.41, 5.74) is 0. The minimum absolute atomic E-state index is 0. The summed E-state index contributed by atoms with van der Waals surface area (Å²) < 4.78 is 4.95. The Bertz CT molecular complexity index is 56.9. The highest BCUT2D eigenvalue weighted by atomic mass is 32.1. The van der Waals surface area contributed by atoms with Crippen molar-refractivity contribution in [1.82, 2.24) is 0 Å². The maximum atomic E-state index is 4.64. The number of hydrogen-bond acceptors (Lipinski definition) is 2. The van der Waals surface area contributed by atoms with E-state index in [2.05, 4.69) is 29.6 Å². The fraction of sp³-hybridized carbons (Fsp3) is 0.667. The third-order valence-corrected chi connectivity index (χ3v) is 0.515. The van der Waals surface area contributed by atoms with Gasteiger partial charge < -0.3 is 4.74 Å². The summed E-state index contributed by atoms with van der Waals surface area (Å²) >= 11 is 8.12. The summed E-state index contributed by atoms with van der Waals surface area (Å²) in [5.74, 6) is 0. The molecular weight excluding hydrogens is 140 g/mol. The summed E-state index contributed by atoms with van der Waals surface area (Å²) in [6, 6.07) is 0. The van der Waals surface area contributed by atoms with Gasteiger partial charge in [0, 0.05) is 0 Å². The molecule has 0 aromatic carbocycles. The molecular formula is C3H8MgOS2. The standard InChI is InChI=1S/C3H6OS2.Mg.2H/c1-2-4-3(5)6;;;/h2H2,1H3,(H,5,6);;;. The average molecular weight is 149 g/mol. The zero-order chi connectivity index (χ0) is 4.99. The zero-order valence-corrected chi connectivity index (χ0v) is 5.18. The van der Waals surface area contributed by atoms with E-state index in [0.29, 0.717) is 11.0 Å². The topological polar surface area (TPSA) is 9.23 Å². The van der Waals surface area contributed by atoms with E-state index in [1.165, 1.54) is 0 Å². The molecule has 0 saturated heterocycles. The normalized spacial score (nSPS) is 6.57. The quantitative estimate of drug-likeness (QED) is 0.326. The minimum atomic E-state index is 0. The Hall–Kier alpha value is 1.01. The third kappa shape index (κ3) is 10.9. The van der Waals surface area contributed by atoms with Crippen LogP contribution < -0.4 is 0 Å². The molecule has 0 aromatic rings. The highest BCUT2D eigenvalue weighted by Crippen LogP contribution is 1.83. The Kier molecular flexibility index (Phi) is 10.9. The van der Waals surface area contributed by atoms with Crippen molar-refractivity contribution in [3.63, 3.8) is 0 Å². The van der Waals surface area contributed by atoms with Gasteiger partial charge in [-0.05, 0) is 19.1 Å². The maximum Gasteiger partial charge on any atom is 0.316 e. The summed E-state index contributed by atoms with van der Waals surface area (Å²) in [7, 11) is 0. The van der Waals surface area contributed by atoms with Gasteiger partial charge in [0.25, 0.3) is 0 Å². The van der Waals surface area contributed by atoms with Gasteiger partial charge in [0.15, 0.2) is 0 Å². The molecule has 0 aliphatic rings. The van der Waals surface area contributed by atoms with Crippen molar-refractivity contribution in [2.75, 3.05) is 6.61 Å². The molecule has 0 saturated carbocycles. The van der Waals surface area contributed by atoms with Gasteiger partial charge in [-0.25, -0.2) is 0 Å². The first kappa shape index (κ1) is 10.9. The molecule has 0 bridgehead atoms. The van der Waals surface area contributed by atoms with Crippen LogP contribution in [-0.2, 0) is 4.74 Å². The predicted molar refractivity (Wildman–Crippen MR) is 41.8 cm³/mol. The molecule has 0 aromatic heterocycles. The van der Waals surface area contributed by atoms with Crippen LogP contribution in [0.5, 0.6) is 0 Å². The molecule has 0 fully saturated rings. The van der Waals surface area contributed by atoms with Gasteiger partial charge in [-0.3, -0.25) is 0 Å². The number of rotatable bonds is 1. The molecule has 7 heavy (non-hydrogen) atoms. The van der Waals surface area contributed by atoms with Crippen LogP contribution in [0.2, 0.25) is 0 Å². The van der Waals surface area contributed by atoms with Gasteiger partial charge >= 0.3 is 23.1 Å². The van der Waals surface area contributed by atoms with E-state index in [0.717, 1.165) is 0 Å². The number of ether oxygens (including phenoxy) is 1. The molecule has 0 heterocycles. The molecule has 0 spiro atoms. The van der Waals surface area contributed by atoms with Crippen LogP contribution in [0.4, 0.5) is 0 Å². The molecule has 0 amide bonds. The third-order valence-electron chi connectivity index (χ3n) is 0.268. The smallest absolute Gasteiger partial charge is 0.316 e. The van der Waals surface area contributed by atoms with E-state index in [1.54, 1.807) is 0 Å². The van der Waals surface area contributed by atoms with Crippen LogP contribution in [0, 0.1) is 0 Å². The molecule has 0 rings (SSSR count). The minimum Gasteiger partial charge on any atom is -0.479 e. The van der Waals surface area contributed by atoms with Crippen molar-refractivity contribution in [3.05, 3.63) is 0 Å². The SMILES string of the molecule is CCOC(=S)S.[MgH2]. The second-order valence-electron chi connectivity index (χ2n) is 0.699. The Morgan fingerprint density at radius 1 is 1.86 bits per heavy atom. The first-order valence-corrected chi connectivity index (χ1v) is 2.48. The van der Waals surface area contributed by atoms with Gasteiger partial charge in [-0.15, -0.1) is 0 Å². The summed E-state index contributed by atoms with van der Waals surface area (Å²) in [6.45, 7) is 2.48. The molecule has 4 heteroatoms. The van der Waals surface area contributed by atoms with Crippen LogP contribution in [0.3, 0.4) is 0 Å². The fourth-order valence-electron chi connectivity index (χ4n) is 0.123. The summed E-state index contributed by atoms with van der Waals surface area (Å²) in [5, 5.41) is 0. The van der Waals surface area contributed by atoms with Crippen molar-refractivity contribution in [1.29, 1.82) is 0 Å². The molecule has 40 valence electrons. The Balaban J connectivity index is 0. The second-order valence-corrected chi connectivity index (χ2v) is 1.78. The monoisotopic (exact) mass is 148 g/mol. The van der Waals surface area contributed by atoms with Gasteiger partial charge in [-0.2, -0.15) is 0 Å². The highest BCUT2D eigenvalue weighted by Gasteiger charge is 1.77. The van der Waals surface area contributed by atoms with E-state index in [4.69, 9.17) is 0 Å². The van der Waals surface area contributed by atoms with Gasteiger partial charge in [0.05, 0.1) is 6.61 Å². The maximum absolute atomic E-state index is 4.64. The van der Waals surface area contributed by atoms with Gasteiger partial charge in [0.1, 0.15) is 0 Å². The largest absolute Gasteiger partial charge is 0.479 e. The Morgan fingerprint density at radius 3 is 2.29 bits per heavy atom. The zero-order valence-electron chi connectivity index (χ0n) is 3.47. The number of hydrogen-bond donors (Lipinski definition) is 1. The van der Waals surface area contributed by atoms with E-state index >= 15 is 0 Å². The van der Waals surface area contributed by atoms with Crippen LogP contribution in [0.25, 0.3) is 0 Å². The van der Waals surface area contributed by atoms with Gasteiger partial charge in [0.2, 0.25) is 4.38 Å². The molecule has 0 unspecified atom stereocenters. The molecule has 0 aliphatic heterocycles.